The molecule has 3 N–H and O–H groups in total. The standard InChI is InChI=1S/C24H27N5O6S2/c1-34-19-11-13-20(14-12-19)37(32,33)29-18-9-7-17(8-10-18)23-27-28-24(35-23)36-15-21(30)25-26-22(31)16-5-3-2-4-6-16/h7-14,16,29H,2-6,15H2,1H3,(H,25,30)(H,26,31). The van der Waals surface area contributed by atoms with Crippen LogP contribution in [0, 0.1) is 5.92 Å². The number of hydrogen-bond donors (Lipinski definition) is 3. The van der Waals surface area contributed by atoms with E-state index >= 15 is 0 Å². The van der Waals surface area contributed by atoms with Gasteiger partial charge in [0, 0.05) is 17.2 Å². The third-order valence-corrected chi connectivity index (χ3v) is 8.00. The summed E-state index contributed by atoms with van der Waals surface area (Å²) in [6, 6.07) is 12.5. The van der Waals surface area contributed by atoms with Gasteiger partial charge in [-0.15, -0.1) is 10.2 Å². The molecule has 0 aliphatic heterocycles. The molecule has 1 heterocycles. The number of methoxy groups -OCH3 is 1. The molecule has 0 unspecified atom stereocenters. The van der Waals surface area contributed by atoms with E-state index < -0.39 is 10.0 Å². The van der Waals surface area contributed by atoms with Crippen LogP contribution in [0.25, 0.3) is 11.5 Å². The van der Waals surface area contributed by atoms with Gasteiger partial charge in [0.2, 0.25) is 17.7 Å². The van der Waals surface area contributed by atoms with Crippen LogP contribution in [0.4, 0.5) is 5.69 Å². The van der Waals surface area contributed by atoms with Crippen molar-refractivity contribution < 1.29 is 27.2 Å². The number of anilines is 1. The lowest BCUT2D eigenvalue weighted by Crippen LogP contribution is -2.45. The second kappa shape index (κ2) is 12.1. The zero-order valence-corrected chi connectivity index (χ0v) is 21.7. The van der Waals surface area contributed by atoms with Crippen molar-refractivity contribution in [1.29, 1.82) is 0 Å². The van der Waals surface area contributed by atoms with Gasteiger partial charge in [-0.05, 0) is 61.4 Å². The fourth-order valence-electron chi connectivity index (χ4n) is 3.80. The summed E-state index contributed by atoms with van der Waals surface area (Å²) in [5, 5.41) is 8.09. The van der Waals surface area contributed by atoms with Crippen LogP contribution in [0.3, 0.4) is 0 Å². The van der Waals surface area contributed by atoms with E-state index in [0.29, 0.717) is 17.0 Å². The number of rotatable bonds is 9. The lowest BCUT2D eigenvalue weighted by molar-refractivity contribution is -0.131. The molecule has 37 heavy (non-hydrogen) atoms. The molecule has 0 spiro atoms. The van der Waals surface area contributed by atoms with Crippen molar-refractivity contribution in [2.24, 2.45) is 5.92 Å². The first-order valence-corrected chi connectivity index (χ1v) is 14.1. The van der Waals surface area contributed by atoms with Crippen LogP contribution in [0.5, 0.6) is 5.75 Å². The SMILES string of the molecule is COc1ccc(S(=O)(=O)Nc2ccc(-c3nnc(SCC(=O)NNC(=O)C4CCCCC4)o3)cc2)cc1. The van der Waals surface area contributed by atoms with E-state index in [0.717, 1.165) is 43.9 Å². The van der Waals surface area contributed by atoms with E-state index in [1.807, 2.05) is 0 Å². The minimum absolute atomic E-state index is 0.0152. The van der Waals surface area contributed by atoms with E-state index in [2.05, 4.69) is 25.8 Å². The molecule has 1 aliphatic carbocycles. The summed E-state index contributed by atoms with van der Waals surface area (Å²) in [6.07, 6.45) is 4.90. The second-order valence-electron chi connectivity index (χ2n) is 8.39. The van der Waals surface area contributed by atoms with Gasteiger partial charge >= 0.3 is 0 Å². The minimum Gasteiger partial charge on any atom is -0.497 e. The summed E-state index contributed by atoms with van der Waals surface area (Å²) in [6.45, 7) is 0. The van der Waals surface area contributed by atoms with Crippen LogP contribution in [0.1, 0.15) is 32.1 Å². The first-order chi connectivity index (χ1) is 17.8. The van der Waals surface area contributed by atoms with Crippen molar-refractivity contribution in [2.75, 3.05) is 17.6 Å². The van der Waals surface area contributed by atoms with Crippen molar-refractivity contribution in [3.63, 3.8) is 0 Å². The first kappa shape index (κ1) is 26.5. The summed E-state index contributed by atoms with van der Waals surface area (Å²) in [5.74, 6) is 0.165. The highest BCUT2D eigenvalue weighted by atomic mass is 32.2. The quantitative estimate of drug-likeness (QED) is 0.271. The van der Waals surface area contributed by atoms with Crippen LogP contribution in [-0.2, 0) is 19.6 Å². The zero-order valence-electron chi connectivity index (χ0n) is 20.1. The maximum atomic E-state index is 12.6. The number of amides is 2. The van der Waals surface area contributed by atoms with E-state index in [1.165, 1.54) is 19.2 Å². The molecular weight excluding hydrogens is 518 g/mol. The van der Waals surface area contributed by atoms with Crippen LogP contribution in [0.15, 0.2) is 63.1 Å². The molecule has 1 saturated carbocycles. The van der Waals surface area contributed by atoms with E-state index in [-0.39, 0.29) is 39.5 Å². The normalized spacial score (nSPS) is 14.1. The smallest absolute Gasteiger partial charge is 0.277 e. The molecule has 0 radical (unpaired) electrons. The third-order valence-electron chi connectivity index (χ3n) is 5.79. The number of hydrogen-bond acceptors (Lipinski definition) is 9. The summed E-state index contributed by atoms with van der Waals surface area (Å²) in [4.78, 5) is 24.3. The monoisotopic (exact) mass is 545 g/mol. The van der Waals surface area contributed by atoms with Crippen LogP contribution in [-0.4, -0.2) is 43.3 Å². The molecule has 4 rings (SSSR count). The van der Waals surface area contributed by atoms with Gasteiger partial charge in [-0.25, -0.2) is 8.42 Å². The number of thioether (sulfide) groups is 1. The van der Waals surface area contributed by atoms with Gasteiger partial charge in [0.15, 0.2) is 0 Å². The number of aromatic nitrogens is 2. The molecule has 0 bridgehead atoms. The third kappa shape index (κ3) is 7.23. The molecule has 196 valence electrons. The van der Waals surface area contributed by atoms with Crippen molar-refractivity contribution in [3.8, 4) is 17.2 Å². The lowest BCUT2D eigenvalue weighted by atomic mass is 9.89. The average Bonchev–Trinajstić information content (AvgIpc) is 3.40. The number of benzene rings is 2. The Morgan fingerprint density at radius 1 is 1.00 bits per heavy atom. The van der Waals surface area contributed by atoms with Crippen molar-refractivity contribution >= 4 is 39.3 Å². The molecular formula is C24H27N5O6S2. The highest BCUT2D eigenvalue weighted by molar-refractivity contribution is 7.99. The molecule has 2 amide bonds. The predicted octanol–water partition coefficient (Wildman–Crippen LogP) is 3.37. The highest BCUT2D eigenvalue weighted by Crippen LogP contribution is 2.26. The molecule has 2 aromatic carbocycles. The van der Waals surface area contributed by atoms with E-state index in [4.69, 9.17) is 9.15 Å². The van der Waals surface area contributed by atoms with Crippen LogP contribution < -0.4 is 20.3 Å². The van der Waals surface area contributed by atoms with E-state index in [9.17, 15) is 18.0 Å². The van der Waals surface area contributed by atoms with E-state index in [1.54, 1.807) is 36.4 Å². The predicted molar refractivity (Wildman–Crippen MR) is 137 cm³/mol. The Morgan fingerprint density at radius 2 is 1.70 bits per heavy atom. The number of carbonyl (C=O) groups is 2. The van der Waals surface area contributed by atoms with Crippen molar-refractivity contribution in [1.82, 2.24) is 21.0 Å². The summed E-state index contributed by atoms with van der Waals surface area (Å²) >= 11 is 1.04. The number of hydrazine groups is 1. The molecule has 3 aromatic rings. The molecule has 1 aliphatic rings. The summed E-state index contributed by atoms with van der Waals surface area (Å²) in [7, 11) is -2.26. The Bertz CT molecular complexity index is 1320. The summed E-state index contributed by atoms with van der Waals surface area (Å²) in [5.41, 5.74) is 5.84. The molecule has 11 nitrogen and oxygen atoms in total. The highest BCUT2D eigenvalue weighted by Gasteiger charge is 2.21. The first-order valence-electron chi connectivity index (χ1n) is 11.7. The Morgan fingerprint density at radius 3 is 2.38 bits per heavy atom. The topological polar surface area (TPSA) is 153 Å². The van der Waals surface area contributed by atoms with Gasteiger partial charge in [0.25, 0.3) is 15.2 Å². The van der Waals surface area contributed by atoms with Gasteiger partial charge in [-0.2, -0.15) is 0 Å². The van der Waals surface area contributed by atoms with Gasteiger partial charge in [-0.3, -0.25) is 25.2 Å². The molecule has 1 fully saturated rings. The van der Waals surface area contributed by atoms with Gasteiger partial charge in [-0.1, -0.05) is 31.0 Å². The number of ether oxygens (including phenoxy) is 1. The van der Waals surface area contributed by atoms with Crippen LogP contribution in [0.2, 0.25) is 0 Å². The molecule has 0 saturated heterocycles. The van der Waals surface area contributed by atoms with Gasteiger partial charge < -0.3 is 9.15 Å². The zero-order chi connectivity index (χ0) is 26.3. The lowest BCUT2D eigenvalue weighted by Gasteiger charge is -2.20. The molecule has 1 aromatic heterocycles. The maximum Gasteiger partial charge on any atom is 0.277 e. The minimum atomic E-state index is -3.77. The van der Waals surface area contributed by atoms with Crippen molar-refractivity contribution in [2.45, 2.75) is 42.2 Å². The number of nitrogens with zero attached hydrogens (tertiary/aromatic N) is 2. The number of sulfonamides is 1. The molecule has 0 atom stereocenters. The largest absolute Gasteiger partial charge is 0.497 e. The Hall–Kier alpha value is -3.58. The van der Waals surface area contributed by atoms with Gasteiger partial charge in [0.1, 0.15) is 5.75 Å². The number of carbonyl (C=O) groups excluding carboxylic acids is 2. The van der Waals surface area contributed by atoms with Gasteiger partial charge in [0.05, 0.1) is 17.8 Å². The maximum absolute atomic E-state index is 12.6. The Balaban J connectivity index is 1.27. The fraction of sp³-hybridized carbons (Fsp3) is 0.333. The number of nitrogens with one attached hydrogen (secondary N) is 3. The van der Waals surface area contributed by atoms with Crippen molar-refractivity contribution in [3.05, 3.63) is 48.5 Å². The Labute approximate surface area is 218 Å². The fourth-order valence-corrected chi connectivity index (χ4v) is 5.42. The second-order valence-corrected chi connectivity index (χ2v) is 11.0. The van der Waals surface area contributed by atoms with Crippen LogP contribution >= 0.6 is 11.8 Å². The summed E-state index contributed by atoms with van der Waals surface area (Å²) < 4.78 is 38.4. The Kier molecular flexibility index (Phi) is 8.66. The average molecular weight is 546 g/mol. The molecule has 13 heteroatoms.